The molecule has 4 N–H and O–H groups in total. The lowest BCUT2D eigenvalue weighted by molar-refractivity contribution is -0.145. The Morgan fingerprint density at radius 1 is 1.35 bits per heavy atom. The van der Waals surface area contributed by atoms with E-state index in [0.29, 0.717) is 5.69 Å². The van der Waals surface area contributed by atoms with Crippen LogP contribution in [0, 0.1) is 0 Å². The van der Waals surface area contributed by atoms with E-state index in [-0.39, 0.29) is 23.4 Å². The van der Waals surface area contributed by atoms with Gasteiger partial charge in [-0.15, -0.1) is 0 Å². The first-order valence-electron chi connectivity index (χ1n) is 6.00. The van der Waals surface area contributed by atoms with Gasteiger partial charge < -0.3 is 20.9 Å². The van der Waals surface area contributed by atoms with Gasteiger partial charge in [0.15, 0.2) is 0 Å². The van der Waals surface area contributed by atoms with Gasteiger partial charge in [0.1, 0.15) is 12.7 Å². The number of anilines is 2. The van der Waals surface area contributed by atoms with Crippen molar-refractivity contribution in [2.24, 2.45) is 0 Å². The molecule has 6 heteroatoms. The minimum Gasteiger partial charge on any atom is -0.458 e. The molecule has 0 bridgehead atoms. The third kappa shape index (κ3) is 4.31. The van der Waals surface area contributed by atoms with Crippen molar-refractivity contribution in [1.82, 2.24) is 0 Å². The highest BCUT2D eigenvalue weighted by atomic mass is 16.6. The van der Waals surface area contributed by atoms with Crippen LogP contribution in [0.2, 0.25) is 0 Å². The lowest BCUT2D eigenvalue weighted by Crippen LogP contribution is -2.23. The minimum absolute atomic E-state index is 0.0678. The molecule has 0 aliphatic heterocycles. The molecule has 6 nitrogen and oxygen atoms in total. The van der Waals surface area contributed by atoms with Crippen molar-refractivity contribution in [3.63, 3.8) is 0 Å². The summed E-state index contributed by atoms with van der Waals surface area (Å²) >= 11 is 0. The summed E-state index contributed by atoms with van der Waals surface area (Å²) in [4.78, 5) is 23.1. The van der Waals surface area contributed by atoms with E-state index in [2.05, 4.69) is 6.58 Å². The van der Waals surface area contributed by atoms with E-state index in [9.17, 15) is 9.59 Å². The van der Waals surface area contributed by atoms with Gasteiger partial charge in [0, 0.05) is 16.9 Å². The fourth-order valence-corrected chi connectivity index (χ4v) is 1.36. The molecular formula is C14H18N2O4. The van der Waals surface area contributed by atoms with Gasteiger partial charge in [-0.2, -0.15) is 0 Å². The Hall–Kier alpha value is -2.50. The van der Waals surface area contributed by atoms with Crippen molar-refractivity contribution in [1.29, 1.82) is 0 Å². The second-order valence-corrected chi connectivity index (χ2v) is 4.44. The fourth-order valence-electron chi connectivity index (χ4n) is 1.36. The monoisotopic (exact) mass is 278 g/mol. The van der Waals surface area contributed by atoms with Crippen LogP contribution in [0.25, 0.3) is 0 Å². The number of ether oxygens (including phenoxy) is 2. The molecule has 0 spiro atoms. The van der Waals surface area contributed by atoms with Crippen LogP contribution in [0.5, 0.6) is 0 Å². The standard InChI is InChI=1S/C14H18N2O4/c1-8(2)13(17)20-9(3)7-19-14(18)11-5-4-10(15)6-12(11)16/h4-6,9H,1,7,15-16H2,2-3H3. The first-order valence-corrected chi connectivity index (χ1v) is 6.00. The molecule has 0 aliphatic carbocycles. The molecule has 0 heterocycles. The number of carbonyl (C=O) groups excluding carboxylic acids is 2. The zero-order valence-corrected chi connectivity index (χ0v) is 11.5. The molecule has 108 valence electrons. The van der Waals surface area contributed by atoms with Crippen molar-refractivity contribution in [2.75, 3.05) is 18.1 Å². The van der Waals surface area contributed by atoms with Crippen LogP contribution in [0.15, 0.2) is 30.4 Å². The second-order valence-electron chi connectivity index (χ2n) is 4.44. The summed E-state index contributed by atoms with van der Waals surface area (Å²) in [6.45, 7) is 6.54. The van der Waals surface area contributed by atoms with Crippen LogP contribution in [-0.4, -0.2) is 24.6 Å². The summed E-state index contributed by atoms with van der Waals surface area (Å²) in [5, 5.41) is 0. The number of nitrogen functional groups attached to an aromatic ring is 2. The highest BCUT2D eigenvalue weighted by molar-refractivity contribution is 5.95. The molecule has 0 radical (unpaired) electrons. The normalized spacial score (nSPS) is 11.5. The predicted molar refractivity (Wildman–Crippen MR) is 75.9 cm³/mol. The number of esters is 2. The molecule has 0 aromatic heterocycles. The van der Waals surface area contributed by atoms with Gasteiger partial charge in [-0.05, 0) is 32.0 Å². The van der Waals surface area contributed by atoms with Gasteiger partial charge in [-0.25, -0.2) is 9.59 Å². The molecule has 0 amide bonds. The maximum atomic E-state index is 11.8. The summed E-state index contributed by atoms with van der Waals surface area (Å²) in [7, 11) is 0. The van der Waals surface area contributed by atoms with Crippen LogP contribution in [0.3, 0.4) is 0 Å². The predicted octanol–water partition coefficient (Wildman–Crippen LogP) is 1.52. The number of carbonyl (C=O) groups is 2. The molecule has 1 atom stereocenters. The summed E-state index contributed by atoms with van der Waals surface area (Å²) in [6, 6.07) is 4.51. The van der Waals surface area contributed by atoms with Crippen molar-refractivity contribution in [3.8, 4) is 0 Å². The highest BCUT2D eigenvalue weighted by Crippen LogP contribution is 2.16. The third-order valence-corrected chi connectivity index (χ3v) is 2.40. The van der Waals surface area contributed by atoms with Gasteiger partial charge in [0.25, 0.3) is 0 Å². The topological polar surface area (TPSA) is 105 Å². The Balaban J connectivity index is 2.55. The van der Waals surface area contributed by atoms with Crippen molar-refractivity contribution >= 4 is 23.3 Å². The van der Waals surface area contributed by atoms with Crippen LogP contribution in [0.4, 0.5) is 11.4 Å². The molecule has 0 saturated carbocycles. The molecule has 0 fully saturated rings. The van der Waals surface area contributed by atoms with Crippen molar-refractivity contribution in [3.05, 3.63) is 35.9 Å². The van der Waals surface area contributed by atoms with E-state index < -0.39 is 18.0 Å². The van der Waals surface area contributed by atoms with Crippen LogP contribution in [0.1, 0.15) is 24.2 Å². The number of rotatable bonds is 5. The molecule has 0 saturated heterocycles. The largest absolute Gasteiger partial charge is 0.458 e. The van der Waals surface area contributed by atoms with Crippen molar-refractivity contribution < 1.29 is 19.1 Å². The maximum Gasteiger partial charge on any atom is 0.340 e. The number of hydrogen-bond acceptors (Lipinski definition) is 6. The Morgan fingerprint density at radius 3 is 2.55 bits per heavy atom. The molecule has 1 aromatic carbocycles. The lowest BCUT2D eigenvalue weighted by atomic mass is 10.1. The van der Waals surface area contributed by atoms with Gasteiger partial charge in [-0.1, -0.05) is 6.58 Å². The molecule has 0 aliphatic rings. The van der Waals surface area contributed by atoms with E-state index in [1.165, 1.54) is 19.1 Å². The van der Waals surface area contributed by atoms with Crippen LogP contribution in [-0.2, 0) is 14.3 Å². The average molecular weight is 278 g/mol. The average Bonchev–Trinajstić information content (AvgIpc) is 2.35. The quantitative estimate of drug-likeness (QED) is 0.480. The minimum atomic E-state index is -0.597. The Kier molecular flexibility index (Phi) is 5.14. The van der Waals surface area contributed by atoms with Gasteiger partial charge >= 0.3 is 11.9 Å². The van der Waals surface area contributed by atoms with Gasteiger partial charge in [-0.3, -0.25) is 0 Å². The smallest absolute Gasteiger partial charge is 0.340 e. The van der Waals surface area contributed by atoms with E-state index in [1.807, 2.05) is 0 Å². The Labute approximate surface area is 117 Å². The van der Waals surface area contributed by atoms with Crippen LogP contribution >= 0.6 is 0 Å². The molecule has 1 aromatic rings. The molecule has 1 rings (SSSR count). The lowest BCUT2D eigenvalue weighted by Gasteiger charge is -2.14. The zero-order valence-electron chi connectivity index (χ0n) is 11.5. The first kappa shape index (κ1) is 15.6. The molecule has 20 heavy (non-hydrogen) atoms. The number of benzene rings is 1. The zero-order chi connectivity index (χ0) is 15.3. The van der Waals surface area contributed by atoms with E-state index in [1.54, 1.807) is 13.0 Å². The summed E-state index contributed by atoms with van der Waals surface area (Å²) in [6.07, 6.45) is -0.571. The van der Waals surface area contributed by atoms with Gasteiger partial charge in [0.05, 0.1) is 5.56 Å². The van der Waals surface area contributed by atoms with Gasteiger partial charge in [0.2, 0.25) is 0 Å². The second kappa shape index (κ2) is 6.60. The van der Waals surface area contributed by atoms with E-state index >= 15 is 0 Å². The molecule has 1 unspecified atom stereocenters. The number of hydrogen-bond donors (Lipinski definition) is 2. The summed E-state index contributed by atoms with van der Waals surface area (Å²) in [5.41, 5.74) is 12.4. The van der Waals surface area contributed by atoms with Crippen molar-refractivity contribution in [2.45, 2.75) is 20.0 Å². The number of nitrogens with two attached hydrogens (primary N) is 2. The summed E-state index contributed by atoms with van der Waals surface area (Å²) < 4.78 is 10.0. The Bertz CT molecular complexity index is 540. The molecular weight excluding hydrogens is 260 g/mol. The summed E-state index contributed by atoms with van der Waals surface area (Å²) in [5.74, 6) is -1.12. The van der Waals surface area contributed by atoms with E-state index in [0.717, 1.165) is 0 Å². The third-order valence-electron chi connectivity index (χ3n) is 2.40. The maximum absolute atomic E-state index is 11.8. The van der Waals surface area contributed by atoms with E-state index in [4.69, 9.17) is 20.9 Å². The highest BCUT2D eigenvalue weighted by Gasteiger charge is 2.15. The van der Waals surface area contributed by atoms with Crippen LogP contribution < -0.4 is 11.5 Å². The fraction of sp³-hybridized carbons (Fsp3) is 0.286. The first-order chi connectivity index (χ1) is 9.31. The Morgan fingerprint density at radius 2 is 2.00 bits per heavy atom. The SMILES string of the molecule is C=C(C)C(=O)OC(C)COC(=O)c1ccc(N)cc1N.